The zero-order valence-electron chi connectivity index (χ0n) is 20.5. The summed E-state index contributed by atoms with van der Waals surface area (Å²) >= 11 is 0. The molecule has 1 aliphatic rings. The van der Waals surface area contributed by atoms with Gasteiger partial charge in [0.1, 0.15) is 0 Å². The number of nitrogens with zero attached hydrogens (tertiary/aromatic N) is 1. The maximum absolute atomic E-state index is 12.9. The largest absolute Gasteiger partial charge is 0.504 e. The molecular weight excluding hydrogens is 422 g/mol. The zero-order valence-corrected chi connectivity index (χ0v) is 20.5. The molecule has 1 heterocycles. The molecule has 1 aliphatic heterocycles. The Bertz CT molecular complexity index is 846. The van der Waals surface area contributed by atoms with E-state index < -0.39 is 5.97 Å². The molecule has 1 aromatic carbocycles. The Morgan fingerprint density at radius 3 is 2.15 bits per heavy atom. The van der Waals surface area contributed by atoms with Crippen LogP contribution in [0.1, 0.15) is 68.9 Å². The van der Waals surface area contributed by atoms with Gasteiger partial charge in [-0.25, -0.2) is 4.79 Å². The molecule has 33 heavy (non-hydrogen) atoms. The standard InChI is InChI=1S/C26H39NO6/c1-19-21(15-11-9-7-5-6-8-10-12-17-28)23(25(32-4)24(31-3)22(19)29)33-26(30)20-14-13-16-27(2)18-20/h13,16,18,28-29H,5-12,14-15,17H2,1-4H3. The highest BCUT2D eigenvalue weighted by atomic mass is 16.6. The Labute approximate surface area is 197 Å². The number of hydrogen-bond donors (Lipinski definition) is 2. The van der Waals surface area contributed by atoms with Crippen molar-refractivity contribution in [2.45, 2.75) is 71.1 Å². The topological polar surface area (TPSA) is 88.5 Å². The highest BCUT2D eigenvalue weighted by Crippen LogP contribution is 2.49. The van der Waals surface area contributed by atoms with Crippen molar-refractivity contribution >= 4 is 5.97 Å². The van der Waals surface area contributed by atoms with Gasteiger partial charge in [0, 0.05) is 37.4 Å². The number of aliphatic hydroxyl groups is 1. The smallest absolute Gasteiger partial charge is 0.341 e. The first-order chi connectivity index (χ1) is 15.9. The van der Waals surface area contributed by atoms with Gasteiger partial charge in [0.05, 0.1) is 19.8 Å². The second-order valence-electron chi connectivity index (χ2n) is 8.45. The van der Waals surface area contributed by atoms with Crippen LogP contribution < -0.4 is 14.2 Å². The second kappa shape index (κ2) is 13.8. The van der Waals surface area contributed by atoms with Crippen LogP contribution in [0.4, 0.5) is 0 Å². The minimum absolute atomic E-state index is 0.00702. The van der Waals surface area contributed by atoms with Crippen LogP contribution in [0.25, 0.3) is 0 Å². The Morgan fingerprint density at radius 2 is 1.58 bits per heavy atom. The number of aliphatic hydroxyl groups excluding tert-OH is 1. The van der Waals surface area contributed by atoms with Crippen LogP contribution in [0.3, 0.4) is 0 Å². The molecule has 2 N–H and O–H groups in total. The van der Waals surface area contributed by atoms with Crippen LogP contribution >= 0.6 is 0 Å². The fraction of sp³-hybridized carbons (Fsp3) is 0.577. The van der Waals surface area contributed by atoms with Crippen molar-refractivity contribution in [3.05, 3.63) is 35.2 Å². The normalized spacial score (nSPS) is 13.1. The number of benzene rings is 1. The fourth-order valence-electron chi connectivity index (χ4n) is 4.07. The number of rotatable bonds is 14. The molecule has 0 unspecified atom stereocenters. The van der Waals surface area contributed by atoms with Crippen molar-refractivity contribution in [2.75, 3.05) is 27.9 Å². The van der Waals surface area contributed by atoms with Gasteiger partial charge in [-0.15, -0.1) is 0 Å². The van der Waals surface area contributed by atoms with Gasteiger partial charge >= 0.3 is 5.97 Å². The molecule has 0 atom stereocenters. The summed E-state index contributed by atoms with van der Waals surface area (Å²) in [5.74, 6) is 0.275. The molecule has 7 heteroatoms. The summed E-state index contributed by atoms with van der Waals surface area (Å²) in [5.41, 5.74) is 1.94. The Kier molecular flexibility index (Phi) is 11.1. The quantitative estimate of drug-likeness (QED) is 0.229. The minimum Gasteiger partial charge on any atom is -0.504 e. The van der Waals surface area contributed by atoms with Crippen LogP contribution in [0, 0.1) is 6.92 Å². The Hall–Kier alpha value is -2.67. The van der Waals surface area contributed by atoms with E-state index in [4.69, 9.17) is 19.3 Å². The van der Waals surface area contributed by atoms with Crippen molar-refractivity contribution < 1.29 is 29.2 Å². The molecule has 0 saturated heterocycles. The third-order valence-corrected chi connectivity index (χ3v) is 5.95. The molecule has 0 aliphatic carbocycles. The number of carbonyl (C=O) groups is 1. The van der Waals surface area contributed by atoms with Gasteiger partial charge in [-0.3, -0.25) is 0 Å². The molecule has 7 nitrogen and oxygen atoms in total. The maximum atomic E-state index is 12.9. The van der Waals surface area contributed by atoms with E-state index in [1.807, 2.05) is 31.1 Å². The summed E-state index contributed by atoms with van der Waals surface area (Å²) < 4.78 is 16.8. The number of allylic oxidation sites excluding steroid dienone is 1. The number of carbonyl (C=O) groups excluding carboxylic acids is 1. The summed E-state index contributed by atoms with van der Waals surface area (Å²) in [5, 5.41) is 19.5. The van der Waals surface area contributed by atoms with E-state index in [1.165, 1.54) is 27.1 Å². The first-order valence-electron chi connectivity index (χ1n) is 11.8. The lowest BCUT2D eigenvalue weighted by atomic mass is 9.97. The van der Waals surface area contributed by atoms with Gasteiger partial charge in [0.15, 0.2) is 11.5 Å². The molecule has 0 radical (unpaired) electrons. The SMILES string of the molecule is COc1c(O)c(C)c(CCCCCCCCCCO)c(OC(=O)C2=CN(C)C=CC2)c1OC. The lowest BCUT2D eigenvalue weighted by molar-refractivity contribution is -0.130. The number of hydrogen-bond acceptors (Lipinski definition) is 7. The van der Waals surface area contributed by atoms with E-state index in [0.29, 0.717) is 29.7 Å². The molecule has 0 bridgehead atoms. The first-order valence-corrected chi connectivity index (χ1v) is 11.8. The number of unbranched alkanes of at least 4 members (excludes halogenated alkanes) is 7. The van der Waals surface area contributed by atoms with Gasteiger partial charge in [0.25, 0.3) is 0 Å². The average molecular weight is 462 g/mol. The Balaban J connectivity index is 2.14. The molecule has 0 fully saturated rings. The third kappa shape index (κ3) is 7.42. The minimum atomic E-state index is -0.444. The van der Waals surface area contributed by atoms with Crippen LogP contribution in [0.5, 0.6) is 23.0 Å². The molecule has 184 valence electrons. The van der Waals surface area contributed by atoms with E-state index in [-0.39, 0.29) is 23.9 Å². The second-order valence-corrected chi connectivity index (χ2v) is 8.45. The van der Waals surface area contributed by atoms with E-state index in [0.717, 1.165) is 44.1 Å². The van der Waals surface area contributed by atoms with E-state index >= 15 is 0 Å². The first kappa shape index (κ1) is 26.6. The lowest BCUT2D eigenvalue weighted by Gasteiger charge is -2.21. The molecule has 0 saturated carbocycles. The van der Waals surface area contributed by atoms with Crippen molar-refractivity contribution in [3.63, 3.8) is 0 Å². The highest BCUT2D eigenvalue weighted by molar-refractivity contribution is 5.91. The number of ether oxygens (including phenoxy) is 3. The molecule has 0 amide bonds. The summed E-state index contributed by atoms with van der Waals surface area (Å²) in [4.78, 5) is 14.7. The van der Waals surface area contributed by atoms with Gasteiger partial charge in [0.2, 0.25) is 11.5 Å². The zero-order chi connectivity index (χ0) is 24.2. The van der Waals surface area contributed by atoms with E-state index in [2.05, 4.69) is 0 Å². The van der Waals surface area contributed by atoms with Crippen LogP contribution in [0.2, 0.25) is 0 Å². The molecule has 2 rings (SSSR count). The van der Waals surface area contributed by atoms with Gasteiger partial charge in [-0.05, 0) is 32.4 Å². The summed E-state index contributed by atoms with van der Waals surface area (Å²) in [7, 11) is 4.78. The van der Waals surface area contributed by atoms with Crippen LogP contribution in [-0.2, 0) is 11.2 Å². The van der Waals surface area contributed by atoms with E-state index in [9.17, 15) is 9.90 Å². The number of aromatic hydroxyl groups is 1. The third-order valence-electron chi connectivity index (χ3n) is 5.95. The highest BCUT2D eigenvalue weighted by Gasteiger charge is 2.27. The van der Waals surface area contributed by atoms with E-state index in [1.54, 1.807) is 6.20 Å². The number of phenols is 1. The van der Waals surface area contributed by atoms with Crippen molar-refractivity contribution in [2.24, 2.45) is 0 Å². The summed E-state index contributed by atoms with van der Waals surface area (Å²) in [6.07, 6.45) is 15.2. The van der Waals surface area contributed by atoms with Crippen molar-refractivity contribution in [3.8, 4) is 23.0 Å². The van der Waals surface area contributed by atoms with Gasteiger partial charge in [-0.2, -0.15) is 0 Å². The average Bonchev–Trinajstić information content (AvgIpc) is 2.81. The number of methoxy groups -OCH3 is 2. The molecule has 0 spiro atoms. The van der Waals surface area contributed by atoms with Crippen molar-refractivity contribution in [1.82, 2.24) is 4.90 Å². The number of esters is 1. The number of phenolic OH excluding ortho intramolecular Hbond substituents is 1. The van der Waals surface area contributed by atoms with Gasteiger partial charge < -0.3 is 29.3 Å². The maximum Gasteiger partial charge on any atom is 0.341 e. The molecule has 1 aromatic rings. The predicted octanol–water partition coefficient (Wildman–Crippen LogP) is 5.01. The van der Waals surface area contributed by atoms with Crippen LogP contribution in [-0.4, -0.2) is 49.0 Å². The molecular formula is C26H39NO6. The summed E-state index contributed by atoms with van der Waals surface area (Å²) in [6, 6.07) is 0. The van der Waals surface area contributed by atoms with Gasteiger partial charge in [-0.1, -0.05) is 44.6 Å². The molecule has 0 aromatic heterocycles. The van der Waals surface area contributed by atoms with Crippen LogP contribution in [0.15, 0.2) is 24.0 Å². The lowest BCUT2D eigenvalue weighted by Crippen LogP contribution is -2.18. The fourth-order valence-corrected chi connectivity index (χ4v) is 4.07. The monoisotopic (exact) mass is 461 g/mol. The predicted molar refractivity (Wildman–Crippen MR) is 129 cm³/mol. The van der Waals surface area contributed by atoms with Crippen molar-refractivity contribution in [1.29, 1.82) is 0 Å². The Morgan fingerprint density at radius 1 is 0.970 bits per heavy atom. The summed E-state index contributed by atoms with van der Waals surface area (Å²) in [6.45, 7) is 2.08.